The first kappa shape index (κ1) is 19.9. The van der Waals surface area contributed by atoms with Crippen LogP contribution < -0.4 is 5.32 Å². The van der Waals surface area contributed by atoms with Crippen LogP contribution in [0.4, 0.5) is 0 Å². The van der Waals surface area contributed by atoms with Crippen LogP contribution in [0, 0.1) is 6.92 Å². The molecule has 0 radical (unpaired) electrons. The molecule has 2 atom stereocenters. The molecule has 5 heteroatoms. The zero-order valence-corrected chi connectivity index (χ0v) is 17.7. The molecule has 154 valence electrons. The van der Waals surface area contributed by atoms with Crippen molar-refractivity contribution in [1.29, 1.82) is 0 Å². The van der Waals surface area contributed by atoms with Gasteiger partial charge >= 0.3 is 0 Å². The van der Waals surface area contributed by atoms with Crippen LogP contribution in [0.2, 0.25) is 0 Å². The fourth-order valence-electron chi connectivity index (χ4n) is 5.13. The van der Waals surface area contributed by atoms with E-state index in [1.165, 1.54) is 41.4 Å². The standard InChI is InChI=1S/C23H36N4O/c1-17-8-9-21-20(14-17)19-6-4-7-22-23(19)27(21)13-12-26(22)16-18(28)15-24-10-5-11-25(2)3/h8-9,14,18,22,24,28H,4-7,10-13,15-16H2,1-3H3/t18-,22-/m1/s1. The summed E-state index contributed by atoms with van der Waals surface area (Å²) < 4.78 is 2.57. The smallest absolute Gasteiger partial charge is 0.0791 e. The normalized spacial score (nSPS) is 20.7. The molecule has 0 amide bonds. The second kappa shape index (κ2) is 8.54. The number of nitrogens with one attached hydrogen (secondary N) is 1. The van der Waals surface area contributed by atoms with Crippen LogP contribution in [0.3, 0.4) is 0 Å². The Morgan fingerprint density at radius 1 is 1.29 bits per heavy atom. The minimum absolute atomic E-state index is 0.303. The molecule has 0 unspecified atom stereocenters. The summed E-state index contributed by atoms with van der Waals surface area (Å²) in [5.41, 5.74) is 5.85. The van der Waals surface area contributed by atoms with Crippen LogP contribution in [-0.4, -0.2) is 72.4 Å². The predicted octanol–water partition coefficient (Wildman–Crippen LogP) is 2.54. The Kier molecular flexibility index (Phi) is 6.07. The van der Waals surface area contributed by atoms with E-state index >= 15 is 0 Å². The number of aromatic nitrogens is 1. The third-order valence-electron chi connectivity index (χ3n) is 6.42. The van der Waals surface area contributed by atoms with Crippen molar-refractivity contribution >= 4 is 10.9 Å². The average Bonchev–Trinajstić information content (AvgIpc) is 2.98. The van der Waals surface area contributed by atoms with Crippen LogP contribution in [-0.2, 0) is 13.0 Å². The fraction of sp³-hybridized carbons (Fsp3) is 0.652. The highest BCUT2D eigenvalue weighted by Gasteiger charge is 2.35. The van der Waals surface area contributed by atoms with Crippen LogP contribution in [0.25, 0.3) is 10.9 Å². The molecule has 0 bridgehead atoms. The van der Waals surface area contributed by atoms with Gasteiger partial charge in [0.1, 0.15) is 0 Å². The van der Waals surface area contributed by atoms with Crippen molar-refractivity contribution < 1.29 is 5.11 Å². The number of aliphatic hydroxyl groups excluding tert-OH is 1. The highest BCUT2D eigenvalue weighted by atomic mass is 16.3. The summed E-state index contributed by atoms with van der Waals surface area (Å²) in [5.74, 6) is 0. The molecule has 1 aromatic heterocycles. The van der Waals surface area contributed by atoms with E-state index in [4.69, 9.17) is 0 Å². The molecule has 0 fully saturated rings. The Hall–Kier alpha value is -1.40. The number of fused-ring (bicyclic) bond motifs is 3. The molecule has 0 saturated carbocycles. The summed E-state index contributed by atoms with van der Waals surface area (Å²) in [6, 6.07) is 7.38. The van der Waals surface area contributed by atoms with Gasteiger partial charge in [0, 0.05) is 42.8 Å². The van der Waals surface area contributed by atoms with E-state index in [0.29, 0.717) is 12.6 Å². The van der Waals surface area contributed by atoms with Gasteiger partial charge in [-0.05, 0) is 77.5 Å². The van der Waals surface area contributed by atoms with Crippen LogP contribution in [0.1, 0.15) is 42.1 Å². The van der Waals surface area contributed by atoms with Crippen molar-refractivity contribution in [3.63, 3.8) is 0 Å². The van der Waals surface area contributed by atoms with Crippen LogP contribution in [0.15, 0.2) is 18.2 Å². The second-order valence-corrected chi connectivity index (χ2v) is 8.95. The summed E-state index contributed by atoms with van der Waals surface area (Å²) in [6.07, 6.45) is 4.48. The van der Waals surface area contributed by atoms with E-state index in [1.54, 1.807) is 5.56 Å². The van der Waals surface area contributed by atoms with Gasteiger partial charge in [0.05, 0.1) is 12.1 Å². The molecule has 1 aliphatic heterocycles. The van der Waals surface area contributed by atoms with Crippen molar-refractivity contribution in [2.45, 2.75) is 51.3 Å². The van der Waals surface area contributed by atoms with E-state index in [-0.39, 0.29) is 6.10 Å². The zero-order valence-electron chi connectivity index (χ0n) is 17.7. The molecule has 2 aliphatic rings. The molecule has 1 aromatic carbocycles. The van der Waals surface area contributed by atoms with Crippen molar-refractivity contribution in [2.75, 3.05) is 46.8 Å². The number of nitrogens with zero attached hydrogens (tertiary/aromatic N) is 3. The molecule has 0 saturated heterocycles. The van der Waals surface area contributed by atoms with Crippen LogP contribution >= 0.6 is 0 Å². The molecule has 2 heterocycles. The van der Waals surface area contributed by atoms with Gasteiger partial charge in [-0.2, -0.15) is 0 Å². The number of rotatable bonds is 8. The molecule has 2 N–H and O–H groups in total. The summed E-state index contributed by atoms with van der Waals surface area (Å²) in [5, 5.41) is 15.5. The fourth-order valence-corrected chi connectivity index (χ4v) is 5.13. The average molecular weight is 385 g/mol. The summed E-state index contributed by atoms with van der Waals surface area (Å²) in [4.78, 5) is 4.74. The van der Waals surface area contributed by atoms with Crippen molar-refractivity contribution in [2.24, 2.45) is 0 Å². The van der Waals surface area contributed by atoms with E-state index in [9.17, 15) is 5.11 Å². The molecule has 5 nitrogen and oxygen atoms in total. The lowest BCUT2D eigenvalue weighted by Crippen LogP contribution is -2.45. The zero-order chi connectivity index (χ0) is 19.7. The minimum Gasteiger partial charge on any atom is -0.390 e. The first-order chi connectivity index (χ1) is 13.5. The van der Waals surface area contributed by atoms with Crippen LogP contribution in [0.5, 0.6) is 0 Å². The summed E-state index contributed by atoms with van der Waals surface area (Å²) >= 11 is 0. The van der Waals surface area contributed by atoms with Gasteiger partial charge in [-0.1, -0.05) is 11.6 Å². The lowest BCUT2D eigenvalue weighted by Gasteiger charge is -2.40. The minimum atomic E-state index is -0.303. The quantitative estimate of drug-likeness (QED) is 0.687. The maximum atomic E-state index is 10.6. The second-order valence-electron chi connectivity index (χ2n) is 8.95. The Bertz CT molecular complexity index is 813. The molecular formula is C23H36N4O. The van der Waals surface area contributed by atoms with E-state index in [0.717, 1.165) is 39.1 Å². The first-order valence-corrected chi connectivity index (χ1v) is 10.9. The molecule has 4 rings (SSSR count). The third-order valence-corrected chi connectivity index (χ3v) is 6.42. The van der Waals surface area contributed by atoms with Gasteiger partial charge in [0.2, 0.25) is 0 Å². The van der Waals surface area contributed by atoms with Gasteiger partial charge in [-0.25, -0.2) is 0 Å². The number of aliphatic hydroxyl groups is 1. The number of β-amino-alcohol motifs (C(OH)–C–C–N with tert-alkyl or cyclic N) is 1. The summed E-state index contributed by atoms with van der Waals surface area (Å²) in [7, 11) is 4.20. The maximum absolute atomic E-state index is 10.6. The lowest BCUT2D eigenvalue weighted by atomic mass is 9.89. The third kappa shape index (κ3) is 3.99. The predicted molar refractivity (Wildman–Crippen MR) is 116 cm³/mol. The van der Waals surface area contributed by atoms with E-state index < -0.39 is 0 Å². The Balaban J connectivity index is 1.43. The van der Waals surface area contributed by atoms with Gasteiger partial charge in [-0.15, -0.1) is 0 Å². The molecule has 0 spiro atoms. The Morgan fingerprint density at radius 2 is 2.14 bits per heavy atom. The SMILES string of the molecule is Cc1ccc2c(c1)c1c3n2CCN(C[C@H](O)CNCCCN(C)C)[C@@H]3CCC1. The van der Waals surface area contributed by atoms with E-state index in [2.05, 4.69) is 58.9 Å². The molecule has 1 aliphatic carbocycles. The van der Waals surface area contributed by atoms with Gasteiger partial charge in [0.15, 0.2) is 0 Å². The maximum Gasteiger partial charge on any atom is 0.0791 e. The van der Waals surface area contributed by atoms with Gasteiger partial charge in [0.25, 0.3) is 0 Å². The highest BCUT2D eigenvalue weighted by molar-refractivity contribution is 5.87. The Morgan fingerprint density at radius 3 is 2.96 bits per heavy atom. The van der Waals surface area contributed by atoms with Gasteiger partial charge < -0.3 is 19.9 Å². The highest BCUT2D eigenvalue weighted by Crippen LogP contribution is 2.42. The number of benzene rings is 1. The molecule has 2 aromatic rings. The van der Waals surface area contributed by atoms with Crippen molar-refractivity contribution in [1.82, 2.24) is 19.7 Å². The molecule has 28 heavy (non-hydrogen) atoms. The molecular weight excluding hydrogens is 348 g/mol. The number of aryl methyl sites for hydroxylation is 2. The van der Waals surface area contributed by atoms with Crippen molar-refractivity contribution in [3.8, 4) is 0 Å². The largest absolute Gasteiger partial charge is 0.390 e. The van der Waals surface area contributed by atoms with Gasteiger partial charge in [-0.3, -0.25) is 4.90 Å². The van der Waals surface area contributed by atoms with Crippen molar-refractivity contribution in [3.05, 3.63) is 35.0 Å². The van der Waals surface area contributed by atoms with E-state index in [1.807, 2.05) is 0 Å². The summed E-state index contributed by atoms with van der Waals surface area (Å²) in [6.45, 7) is 7.77. The number of hydrogen-bond donors (Lipinski definition) is 2. The monoisotopic (exact) mass is 384 g/mol. The lowest BCUT2D eigenvalue weighted by molar-refractivity contribution is 0.0641. The number of hydrogen-bond acceptors (Lipinski definition) is 4. The first-order valence-electron chi connectivity index (χ1n) is 10.9. The topological polar surface area (TPSA) is 43.7 Å². The Labute approximate surface area is 169 Å².